The van der Waals surface area contributed by atoms with E-state index in [9.17, 15) is 14.4 Å². The lowest BCUT2D eigenvalue weighted by molar-refractivity contribution is -0.147. The summed E-state index contributed by atoms with van der Waals surface area (Å²) in [6.07, 6.45) is -0.0728. The van der Waals surface area contributed by atoms with Crippen LogP contribution in [0.15, 0.2) is 42.5 Å². The zero-order chi connectivity index (χ0) is 19.1. The van der Waals surface area contributed by atoms with Gasteiger partial charge in [-0.25, -0.2) is 0 Å². The Kier molecular flexibility index (Phi) is 7.00. The van der Waals surface area contributed by atoms with E-state index in [0.717, 1.165) is 0 Å². The molecule has 2 aromatic rings. The van der Waals surface area contributed by atoms with E-state index in [-0.39, 0.29) is 12.0 Å². The number of amides is 2. The van der Waals surface area contributed by atoms with Gasteiger partial charge in [-0.05, 0) is 42.0 Å². The zero-order valence-corrected chi connectivity index (χ0v) is 15.3. The predicted octanol–water partition coefficient (Wildman–Crippen LogP) is 3.04. The SMILES string of the molecule is COc1ccc(C(=O)NC(=O)COC(=O)Cc2ccc(Cl)c(Cl)c2)cc1. The minimum absolute atomic E-state index is 0.0728. The minimum Gasteiger partial charge on any atom is -0.497 e. The molecular formula is C18H15Cl2NO5. The first kappa shape index (κ1) is 19.8. The van der Waals surface area contributed by atoms with E-state index in [1.165, 1.54) is 19.2 Å². The third-order valence-electron chi connectivity index (χ3n) is 3.30. The quantitative estimate of drug-likeness (QED) is 0.760. The summed E-state index contributed by atoms with van der Waals surface area (Å²) in [4.78, 5) is 35.4. The highest BCUT2D eigenvalue weighted by molar-refractivity contribution is 6.42. The molecule has 2 amide bonds. The van der Waals surface area contributed by atoms with Crippen LogP contribution in [-0.4, -0.2) is 31.5 Å². The third kappa shape index (κ3) is 5.75. The smallest absolute Gasteiger partial charge is 0.310 e. The average molecular weight is 396 g/mol. The molecule has 0 aromatic heterocycles. The summed E-state index contributed by atoms with van der Waals surface area (Å²) in [6, 6.07) is 10.9. The molecule has 2 aromatic carbocycles. The molecule has 0 aliphatic heterocycles. The highest BCUT2D eigenvalue weighted by Gasteiger charge is 2.13. The first-order valence-corrected chi connectivity index (χ1v) is 8.22. The van der Waals surface area contributed by atoms with Crippen LogP contribution >= 0.6 is 23.2 Å². The summed E-state index contributed by atoms with van der Waals surface area (Å²) >= 11 is 11.7. The number of ether oxygens (including phenoxy) is 2. The molecule has 0 aliphatic carbocycles. The average Bonchev–Trinajstić information content (AvgIpc) is 2.63. The van der Waals surface area contributed by atoms with E-state index in [4.69, 9.17) is 32.7 Å². The van der Waals surface area contributed by atoms with Gasteiger partial charge < -0.3 is 9.47 Å². The number of hydrogen-bond donors (Lipinski definition) is 1. The van der Waals surface area contributed by atoms with Crippen molar-refractivity contribution in [2.45, 2.75) is 6.42 Å². The lowest BCUT2D eigenvalue weighted by Crippen LogP contribution is -2.34. The van der Waals surface area contributed by atoms with Gasteiger partial charge in [-0.3, -0.25) is 19.7 Å². The third-order valence-corrected chi connectivity index (χ3v) is 4.04. The maximum atomic E-state index is 11.9. The first-order valence-electron chi connectivity index (χ1n) is 7.47. The Morgan fingerprint density at radius 1 is 1.00 bits per heavy atom. The van der Waals surface area contributed by atoms with Gasteiger partial charge in [-0.2, -0.15) is 0 Å². The minimum atomic E-state index is -0.728. The van der Waals surface area contributed by atoms with Crippen LogP contribution in [0, 0.1) is 0 Å². The first-order chi connectivity index (χ1) is 12.4. The number of imide groups is 1. The molecule has 0 bridgehead atoms. The van der Waals surface area contributed by atoms with Crippen LogP contribution in [0.25, 0.3) is 0 Å². The molecule has 8 heteroatoms. The summed E-state index contributed by atoms with van der Waals surface area (Å²) in [5, 5.41) is 2.83. The summed E-state index contributed by atoms with van der Waals surface area (Å²) in [7, 11) is 1.50. The van der Waals surface area contributed by atoms with Crippen molar-refractivity contribution in [2.75, 3.05) is 13.7 Å². The lowest BCUT2D eigenvalue weighted by atomic mass is 10.1. The van der Waals surface area contributed by atoms with Crippen LogP contribution in [0.5, 0.6) is 5.75 Å². The molecule has 0 saturated heterocycles. The second-order valence-corrected chi connectivity index (χ2v) is 6.01. The van der Waals surface area contributed by atoms with Crippen LogP contribution < -0.4 is 10.1 Å². The monoisotopic (exact) mass is 395 g/mol. The van der Waals surface area contributed by atoms with E-state index in [2.05, 4.69) is 5.32 Å². The molecule has 136 valence electrons. The molecule has 26 heavy (non-hydrogen) atoms. The molecule has 0 heterocycles. The van der Waals surface area contributed by atoms with E-state index in [0.29, 0.717) is 21.4 Å². The molecule has 0 aliphatic rings. The van der Waals surface area contributed by atoms with Crippen molar-refractivity contribution in [3.8, 4) is 5.75 Å². The fourth-order valence-corrected chi connectivity index (χ4v) is 2.31. The summed E-state index contributed by atoms with van der Waals surface area (Å²) in [5.41, 5.74) is 0.875. The normalized spacial score (nSPS) is 10.1. The van der Waals surface area contributed by atoms with Crippen molar-refractivity contribution in [1.82, 2.24) is 5.32 Å². The summed E-state index contributed by atoms with van der Waals surface area (Å²) in [5.74, 6) is -1.37. The molecule has 0 fully saturated rings. The van der Waals surface area contributed by atoms with E-state index >= 15 is 0 Å². The topological polar surface area (TPSA) is 81.7 Å². The maximum absolute atomic E-state index is 11.9. The van der Waals surface area contributed by atoms with Crippen molar-refractivity contribution in [3.05, 3.63) is 63.6 Å². The Morgan fingerprint density at radius 3 is 2.31 bits per heavy atom. The van der Waals surface area contributed by atoms with Crippen molar-refractivity contribution >= 4 is 41.0 Å². The maximum Gasteiger partial charge on any atom is 0.310 e. The van der Waals surface area contributed by atoms with Gasteiger partial charge in [0.1, 0.15) is 5.75 Å². The number of methoxy groups -OCH3 is 1. The van der Waals surface area contributed by atoms with E-state index in [1.54, 1.807) is 30.3 Å². The van der Waals surface area contributed by atoms with Crippen LogP contribution in [0.4, 0.5) is 0 Å². The Labute approximate surface area is 160 Å². The van der Waals surface area contributed by atoms with Gasteiger partial charge in [-0.1, -0.05) is 29.3 Å². The van der Waals surface area contributed by atoms with Crippen LogP contribution in [0.1, 0.15) is 15.9 Å². The molecule has 0 saturated carbocycles. The highest BCUT2D eigenvalue weighted by atomic mass is 35.5. The Bertz CT molecular complexity index is 821. The summed E-state index contributed by atoms with van der Waals surface area (Å²) in [6.45, 7) is -0.567. The fourth-order valence-electron chi connectivity index (χ4n) is 1.99. The molecule has 0 atom stereocenters. The van der Waals surface area contributed by atoms with Gasteiger partial charge in [0.15, 0.2) is 6.61 Å². The van der Waals surface area contributed by atoms with Crippen LogP contribution in [0.3, 0.4) is 0 Å². The molecule has 0 unspecified atom stereocenters. The van der Waals surface area contributed by atoms with E-state index in [1.807, 2.05) is 0 Å². The van der Waals surface area contributed by atoms with Gasteiger partial charge in [0.05, 0.1) is 23.6 Å². The molecule has 2 rings (SSSR count). The molecule has 1 N–H and O–H groups in total. The number of nitrogens with one attached hydrogen (secondary N) is 1. The number of rotatable bonds is 6. The highest BCUT2D eigenvalue weighted by Crippen LogP contribution is 2.22. The second kappa shape index (κ2) is 9.22. The van der Waals surface area contributed by atoms with Gasteiger partial charge in [0.2, 0.25) is 0 Å². The second-order valence-electron chi connectivity index (χ2n) is 5.19. The van der Waals surface area contributed by atoms with Crippen molar-refractivity contribution in [3.63, 3.8) is 0 Å². The predicted molar refractivity (Wildman–Crippen MR) is 96.6 cm³/mol. The van der Waals surface area contributed by atoms with Crippen molar-refractivity contribution < 1.29 is 23.9 Å². The Morgan fingerprint density at radius 2 is 1.69 bits per heavy atom. The number of carbonyl (C=O) groups excluding carboxylic acids is 3. The molecule has 0 radical (unpaired) electrons. The molecular weight excluding hydrogens is 381 g/mol. The largest absolute Gasteiger partial charge is 0.497 e. The number of halogens is 2. The Hall–Kier alpha value is -2.57. The van der Waals surface area contributed by atoms with Gasteiger partial charge in [0.25, 0.3) is 11.8 Å². The summed E-state index contributed by atoms with van der Waals surface area (Å²) < 4.78 is 9.84. The van der Waals surface area contributed by atoms with E-state index < -0.39 is 24.4 Å². The number of esters is 1. The number of carbonyl (C=O) groups is 3. The fraction of sp³-hybridized carbons (Fsp3) is 0.167. The van der Waals surface area contributed by atoms with Crippen LogP contribution in [-0.2, 0) is 20.7 Å². The standard InChI is InChI=1S/C18H15Cl2NO5/c1-25-13-5-3-12(4-6-13)18(24)21-16(22)10-26-17(23)9-11-2-7-14(19)15(20)8-11/h2-8H,9-10H2,1H3,(H,21,22,24). The van der Waals surface area contributed by atoms with Crippen molar-refractivity contribution in [2.24, 2.45) is 0 Å². The van der Waals surface area contributed by atoms with Crippen molar-refractivity contribution in [1.29, 1.82) is 0 Å². The molecule has 0 spiro atoms. The lowest BCUT2D eigenvalue weighted by Gasteiger charge is -2.07. The van der Waals surface area contributed by atoms with Crippen LogP contribution in [0.2, 0.25) is 10.0 Å². The van der Waals surface area contributed by atoms with Gasteiger partial charge in [-0.15, -0.1) is 0 Å². The Balaban J connectivity index is 1.80. The van der Waals surface area contributed by atoms with Gasteiger partial charge in [0, 0.05) is 5.56 Å². The zero-order valence-electron chi connectivity index (χ0n) is 13.8. The van der Waals surface area contributed by atoms with Gasteiger partial charge >= 0.3 is 5.97 Å². The number of hydrogen-bond acceptors (Lipinski definition) is 5. The number of benzene rings is 2. The molecule has 6 nitrogen and oxygen atoms in total.